The maximum absolute atomic E-state index is 13.2. The molecule has 0 spiro atoms. The van der Waals surface area contributed by atoms with E-state index < -0.39 is 0 Å². The Morgan fingerprint density at radius 2 is 1.86 bits per heavy atom. The Kier molecular flexibility index (Phi) is 4.34. The number of hydrogen-bond donors (Lipinski definition) is 1. The summed E-state index contributed by atoms with van der Waals surface area (Å²) in [6.07, 6.45) is 0.903. The molecule has 2 heterocycles. The second kappa shape index (κ2) is 6.40. The fourth-order valence-electron chi connectivity index (χ4n) is 2.82. The number of halogens is 1. The van der Waals surface area contributed by atoms with Crippen LogP contribution in [-0.2, 0) is 13.0 Å². The quantitative estimate of drug-likeness (QED) is 0.942. The minimum atomic E-state index is -0.228. The third-order valence-electron chi connectivity index (χ3n) is 4.09. The van der Waals surface area contributed by atoms with Gasteiger partial charge in [-0.3, -0.25) is 0 Å². The number of aromatic nitrogens is 2. The Labute approximate surface area is 130 Å². The monoisotopic (exact) mass is 300 g/mol. The Balaban J connectivity index is 2.13. The Morgan fingerprint density at radius 1 is 1.14 bits per heavy atom. The minimum Gasteiger partial charge on any atom is -0.341 e. The summed E-state index contributed by atoms with van der Waals surface area (Å²) in [6.45, 7) is 7.65. The first kappa shape index (κ1) is 14.9. The summed E-state index contributed by atoms with van der Waals surface area (Å²) in [5.41, 5.74) is 4.10. The average Bonchev–Trinajstić information content (AvgIpc) is 2.56. The fraction of sp³-hybridized carbons (Fsp3) is 0.412. The van der Waals surface area contributed by atoms with Gasteiger partial charge >= 0.3 is 0 Å². The van der Waals surface area contributed by atoms with Gasteiger partial charge in [-0.15, -0.1) is 0 Å². The molecule has 2 aromatic rings. The zero-order chi connectivity index (χ0) is 15.5. The van der Waals surface area contributed by atoms with Crippen LogP contribution in [0.4, 0.5) is 10.3 Å². The smallest absolute Gasteiger partial charge is 0.226 e. The van der Waals surface area contributed by atoms with Crippen LogP contribution in [0.25, 0.3) is 11.3 Å². The summed E-state index contributed by atoms with van der Waals surface area (Å²) in [5, 5.41) is 3.37. The predicted octanol–water partition coefficient (Wildman–Crippen LogP) is 2.77. The number of fused-ring (bicyclic) bond motifs is 1. The number of hydrogen-bond acceptors (Lipinski definition) is 4. The predicted molar refractivity (Wildman–Crippen MR) is 86.4 cm³/mol. The van der Waals surface area contributed by atoms with Crippen molar-refractivity contribution in [1.82, 2.24) is 15.3 Å². The van der Waals surface area contributed by atoms with E-state index in [9.17, 15) is 4.39 Å². The summed E-state index contributed by atoms with van der Waals surface area (Å²) in [5.74, 6) is 0.541. The topological polar surface area (TPSA) is 41.1 Å². The van der Waals surface area contributed by atoms with Gasteiger partial charge in [0.1, 0.15) is 5.82 Å². The van der Waals surface area contributed by atoms with Gasteiger partial charge in [0.05, 0.1) is 11.4 Å². The van der Waals surface area contributed by atoms with Gasteiger partial charge in [-0.05, 0) is 38.1 Å². The Hall–Kier alpha value is -2.01. The molecule has 116 valence electrons. The molecule has 0 amide bonds. The van der Waals surface area contributed by atoms with Crippen LogP contribution in [0.3, 0.4) is 0 Å². The number of nitrogens with one attached hydrogen (secondary N) is 1. The molecular formula is C17H21FN4. The average molecular weight is 300 g/mol. The zero-order valence-corrected chi connectivity index (χ0v) is 13.1. The lowest BCUT2D eigenvalue weighted by atomic mass is 10.0. The Morgan fingerprint density at radius 3 is 2.55 bits per heavy atom. The first-order valence-corrected chi connectivity index (χ1v) is 7.84. The van der Waals surface area contributed by atoms with Gasteiger partial charge in [0.2, 0.25) is 5.95 Å². The minimum absolute atomic E-state index is 0.228. The molecule has 22 heavy (non-hydrogen) atoms. The number of benzene rings is 1. The van der Waals surface area contributed by atoms with Crippen molar-refractivity contribution in [3.05, 3.63) is 41.3 Å². The Bertz CT molecular complexity index is 650. The highest BCUT2D eigenvalue weighted by molar-refractivity contribution is 5.66. The van der Waals surface area contributed by atoms with Crippen LogP contribution >= 0.6 is 0 Å². The second-order valence-electron chi connectivity index (χ2n) is 5.40. The molecule has 0 bridgehead atoms. The van der Waals surface area contributed by atoms with Crippen molar-refractivity contribution in [3.8, 4) is 11.3 Å². The maximum atomic E-state index is 13.2. The van der Waals surface area contributed by atoms with Gasteiger partial charge in [-0.25, -0.2) is 14.4 Å². The highest BCUT2D eigenvalue weighted by atomic mass is 19.1. The van der Waals surface area contributed by atoms with Crippen molar-refractivity contribution in [2.24, 2.45) is 0 Å². The first-order chi connectivity index (χ1) is 10.7. The van der Waals surface area contributed by atoms with E-state index in [1.807, 2.05) is 0 Å². The van der Waals surface area contributed by atoms with Gasteiger partial charge < -0.3 is 10.2 Å². The maximum Gasteiger partial charge on any atom is 0.226 e. The van der Waals surface area contributed by atoms with E-state index in [4.69, 9.17) is 9.97 Å². The fourth-order valence-corrected chi connectivity index (χ4v) is 2.82. The van der Waals surface area contributed by atoms with E-state index in [0.29, 0.717) is 0 Å². The zero-order valence-electron chi connectivity index (χ0n) is 13.1. The van der Waals surface area contributed by atoms with Gasteiger partial charge in [0, 0.05) is 43.7 Å². The molecule has 0 fully saturated rings. The normalized spacial score (nSPS) is 13.8. The van der Waals surface area contributed by atoms with E-state index in [0.717, 1.165) is 61.1 Å². The van der Waals surface area contributed by atoms with Crippen LogP contribution in [0.2, 0.25) is 0 Å². The van der Waals surface area contributed by atoms with E-state index in [2.05, 4.69) is 24.1 Å². The van der Waals surface area contributed by atoms with Gasteiger partial charge in [0.25, 0.3) is 0 Å². The lowest BCUT2D eigenvalue weighted by Gasteiger charge is -2.24. The molecule has 0 saturated heterocycles. The SMILES string of the molecule is CCN(CC)c1nc2c(c(-c3ccc(F)cc3)n1)CNCC2. The summed E-state index contributed by atoms with van der Waals surface area (Å²) in [7, 11) is 0. The molecule has 0 radical (unpaired) electrons. The van der Waals surface area contributed by atoms with Crippen LogP contribution in [0.1, 0.15) is 25.1 Å². The molecule has 1 aromatic carbocycles. The summed E-state index contributed by atoms with van der Waals surface area (Å²) in [4.78, 5) is 11.7. The molecule has 4 nitrogen and oxygen atoms in total. The summed E-state index contributed by atoms with van der Waals surface area (Å²) >= 11 is 0. The van der Waals surface area contributed by atoms with E-state index in [1.165, 1.54) is 12.1 Å². The molecule has 0 aliphatic carbocycles. The first-order valence-electron chi connectivity index (χ1n) is 7.84. The number of rotatable bonds is 4. The van der Waals surface area contributed by atoms with Gasteiger partial charge in [-0.2, -0.15) is 0 Å². The van der Waals surface area contributed by atoms with Gasteiger partial charge in [0.15, 0.2) is 0 Å². The third kappa shape index (κ3) is 2.81. The van der Waals surface area contributed by atoms with E-state index in [-0.39, 0.29) is 5.82 Å². The molecule has 1 aromatic heterocycles. The molecule has 0 unspecified atom stereocenters. The lowest BCUT2D eigenvalue weighted by Crippen LogP contribution is -2.29. The van der Waals surface area contributed by atoms with Crippen LogP contribution in [0, 0.1) is 5.82 Å². The van der Waals surface area contributed by atoms with Crippen LogP contribution in [-0.4, -0.2) is 29.6 Å². The molecular weight excluding hydrogens is 279 g/mol. The van der Waals surface area contributed by atoms with E-state index in [1.54, 1.807) is 12.1 Å². The number of anilines is 1. The highest BCUT2D eigenvalue weighted by Gasteiger charge is 2.20. The van der Waals surface area contributed by atoms with Crippen molar-refractivity contribution in [2.45, 2.75) is 26.8 Å². The molecule has 0 saturated carbocycles. The van der Waals surface area contributed by atoms with Crippen molar-refractivity contribution in [1.29, 1.82) is 0 Å². The lowest BCUT2D eigenvalue weighted by molar-refractivity contribution is 0.624. The standard InChI is InChI=1S/C17H21FN4/c1-3-22(4-2)17-20-15-9-10-19-11-14(15)16(21-17)12-5-7-13(18)8-6-12/h5-8,19H,3-4,9-11H2,1-2H3. The van der Waals surface area contributed by atoms with E-state index >= 15 is 0 Å². The summed E-state index contributed by atoms with van der Waals surface area (Å²) in [6, 6.07) is 6.55. The number of nitrogens with zero attached hydrogens (tertiary/aromatic N) is 3. The summed E-state index contributed by atoms with van der Waals surface area (Å²) < 4.78 is 13.2. The molecule has 5 heteroatoms. The van der Waals surface area contributed by atoms with Crippen molar-refractivity contribution >= 4 is 5.95 Å². The highest BCUT2D eigenvalue weighted by Crippen LogP contribution is 2.28. The molecule has 1 aliphatic rings. The molecule has 1 N–H and O–H groups in total. The van der Waals surface area contributed by atoms with Crippen LogP contribution in [0.15, 0.2) is 24.3 Å². The van der Waals surface area contributed by atoms with Crippen molar-refractivity contribution < 1.29 is 4.39 Å². The third-order valence-corrected chi connectivity index (χ3v) is 4.09. The van der Waals surface area contributed by atoms with Gasteiger partial charge in [-0.1, -0.05) is 0 Å². The molecule has 3 rings (SSSR count). The second-order valence-corrected chi connectivity index (χ2v) is 5.40. The van der Waals surface area contributed by atoms with Crippen molar-refractivity contribution in [2.75, 3.05) is 24.5 Å². The van der Waals surface area contributed by atoms with Crippen LogP contribution < -0.4 is 10.2 Å². The van der Waals surface area contributed by atoms with Crippen molar-refractivity contribution in [3.63, 3.8) is 0 Å². The van der Waals surface area contributed by atoms with Crippen LogP contribution in [0.5, 0.6) is 0 Å². The molecule has 0 atom stereocenters. The largest absolute Gasteiger partial charge is 0.341 e. The molecule has 1 aliphatic heterocycles.